The van der Waals surface area contributed by atoms with Gasteiger partial charge in [0.05, 0.1) is 18.8 Å². The van der Waals surface area contributed by atoms with Crippen LogP contribution in [0.25, 0.3) is 21.9 Å². The molecule has 0 unspecified atom stereocenters. The highest BCUT2D eigenvalue weighted by molar-refractivity contribution is 6.01. The van der Waals surface area contributed by atoms with Gasteiger partial charge in [-0.25, -0.2) is 0 Å². The number of phenolic OH excluding ortho intramolecular Hbond substituents is 2. The van der Waals surface area contributed by atoms with Crippen molar-refractivity contribution in [3.05, 3.63) is 95.1 Å². The Morgan fingerprint density at radius 1 is 0.833 bits per heavy atom. The predicted molar refractivity (Wildman–Crippen MR) is 118 cm³/mol. The van der Waals surface area contributed by atoms with Crippen LogP contribution in [0.15, 0.2) is 72.8 Å². The van der Waals surface area contributed by atoms with E-state index >= 15 is 0 Å². The molecule has 0 amide bonds. The number of aldehydes is 1. The van der Waals surface area contributed by atoms with E-state index in [2.05, 4.69) is 0 Å². The van der Waals surface area contributed by atoms with E-state index in [1.807, 2.05) is 72.8 Å². The van der Waals surface area contributed by atoms with Crippen molar-refractivity contribution in [3.63, 3.8) is 0 Å². The molecular weight excluding hydrogens is 376 g/mol. The van der Waals surface area contributed by atoms with Crippen LogP contribution in [0.3, 0.4) is 0 Å². The van der Waals surface area contributed by atoms with Crippen LogP contribution in [-0.2, 0) is 18.0 Å². The maximum atomic E-state index is 11.9. The minimum Gasteiger partial charge on any atom is -0.504 e. The lowest BCUT2D eigenvalue weighted by atomic mass is 9.88. The van der Waals surface area contributed by atoms with Gasteiger partial charge in [0.1, 0.15) is 0 Å². The third kappa shape index (κ3) is 3.53. The van der Waals surface area contributed by atoms with E-state index < -0.39 is 5.75 Å². The Labute approximate surface area is 175 Å². The molecule has 0 heterocycles. The highest BCUT2D eigenvalue weighted by atomic mass is 16.5. The Morgan fingerprint density at radius 3 is 2.30 bits per heavy atom. The molecule has 0 aliphatic heterocycles. The number of hydrogen-bond acceptors (Lipinski definition) is 4. The van der Waals surface area contributed by atoms with Gasteiger partial charge in [0.15, 0.2) is 17.8 Å². The van der Waals surface area contributed by atoms with Crippen LogP contribution >= 0.6 is 0 Å². The van der Waals surface area contributed by atoms with Crippen LogP contribution in [0.1, 0.15) is 27.0 Å². The van der Waals surface area contributed by atoms with Gasteiger partial charge >= 0.3 is 0 Å². The molecule has 4 aromatic carbocycles. The average molecular weight is 398 g/mol. The lowest BCUT2D eigenvalue weighted by Crippen LogP contribution is -2.04. The quantitative estimate of drug-likeness (QED) is 0.320. The fourth-order valence-electron chi connectivity index (χ4n) is 3.86. The molecule has 30 heavy (non-hydrogen) atoms. The van der Waals surface area contributed by atoms with Gasteiger partial charge in [0.25, 0.3) is 0 Å². The zero-order valence-electron chi connectivity index (χ0n) is 16.6. The van der Waals surface area contributed by atoms with E-state index in [-0.39, 0.29) is 17.9 Å². The Hall–Kier alpha value is -3.63. The number of hydrogen-bond donors (Lipinski definition) is 2. The van der Waals surface area contributed by atoms with Gasteiger partial charge in [-0.1, -0.05) is 72.8 Å². The lowest BCUT2D eigenvalue weighted by Gasteiger charge is -2.20. The van der Waals surface area contributed by atoms with Crippen molar-refractivity contribution in [3.8, 4) is 22.6 Å². The smallest absolute Gasteiger partial charge is 0.168 e. The largest absolute Gasteiger partial charge is 0.504 e. The highest BCUT2D eigenvalue weighted by Crippen LogP contribution is 2.44. The van der Waals surface area contributed by atoms with Crippen LogP contribution in [-0.4, -0.2) is 16.5 Å². The number of carbonyl (C=O) groups excluding carboxylic acids is 1. The first kappa shape index (κ1) is 19.7. The van der Waals surface area contributed by atoms with E-state index in [1.165, 1.54) is 0 Å². The number of ether oxygens (including phenoxy) is 1. The average Bonchev–Trinajstić information content (AvgIpc) is 2.78. The third-order valence-corrected chi connectivity index (χ3v) is 5.37. The molecule has 2 N–H and O–H groups in total. The van der Waals surface area contributed by atoms with Gasteiger partial charge in [-0.3, -0.25) is 4.79 Å². The first-order chi connectivity index (χ1) is 14.6. The van der Waals surface area contributed by atoms with Crippen LogP contribution in [0.5, 0.6) is 11.5 Å². The zero-order chi connectivity index (χ0) is 21.1. The topological polar surface area (TPSA) is 66.8 Å². The number of phenols is 2. The van der Waals surface area contributed by atoms with Gasteiger partial charge in [-0.2, -0.15) is 0 Å². The standard InChI is InChI=1S/C26H22O4/c1-17-24(21-13-7-11-19-10-5-6-12-20(19)21)23(22(14-27)26(29)25(17)28)16-30-15-18-8-3-2-4-9-18/h2-14,28-29H,15-16H2,1H3. The number of aromatic hydroxyl groups is 2. The molecule has 150 valence electrons. The molecule has 4 aromatic rings. The summed E-state index contributed by atoms with van der Waals surface area (Å²) in [6.45, 7) is 2.23. The van der Waals surface area contributed by atoms with Crippen molar-refractivity contribution in [1.29, 1.82) is 0 Å². The van der Waals surface area contributed by atoms with Crippen molar-refractivity contribution in [1.82, 2.24) is 0 Å². The predicted octanol–water partition coefficient (Wildman–Crippen LogP) is 5.76. The molecule has 0 atom stereocenters. The summed E-state index contributed by atoms with van der Waals surface area (Å²) in [4.78, 5) is 11.9. The summed E-state index contributed by atoms with van der Waals surface area (Å²) in [5.41, 5.74) is 3.71. The Morgan fingerprint density at radius 2 is 1.53 bits per heavy atom. The SMILES string of the molecule is Cc1c(O)c(O)c(C=O)c(COCc2ccccc2)c1-c1cccc2ccccc12. The number of fused-ring (bicyclic) bond motifs is 1. The fourth-order valence-corrected chi connectivity index (χ4v) is 3.86. The van der Waals surface area contributed by atoms with E-state index in [0.717, 1.165) is 21.9 Å². The molecule has 0 aromatic heterocycles. The summed E-state index contributed by atoms with van der Waals surface area (Å²) in [5.74, 6) is -0.698. The second kappa shape index (κ2) is 8.39. The minimum absolute atomic E-state index is 0.0501. The highest BCUT2D eigenvalue weighted by Gasteiger charge is 2.23. The number of rotatable bonds is 6. The Balaban J connectivity index is 1.86. The van der Waals surface area contributed by atoms with E-state index in [0.29, 0.717) is 29.6 Å². The maximum Gasteiger partial charge on any atom is 0.168 e. The molecule has 4 nitrogen and oxygen atoms in total. The van der Waals surface area contributed by atoms with E-state index in [4.69, 9.17) is 4.74 Å². The molecule has 0 saturated heterocycles. The molecule has 0 saturated carbocycles. The lowest BCUT2D eigenvalue weighted by molar-refractivity contribution is 0.103. The monoisotopic (exact) mass is 398 g/mol. The van der Waals surface area contributed by atoms with Crippen LogP contribution in [0.2, 0.25) is 0 Å². The second-order valence-electron chi connectivity index (χ2n) is 7.21. The summed E-state index contributed by atoms with van der Waals surface area (Å²) in [7, 11) is 0. The van der Waals surface area contributed by atoms with Gasteiger partial charge in [-0.05, 0) is 34.4 Å². The summed E-state index contributed by atoms with van der Waals surface area (Å²) < 4.78 is 5.92. The molecule has 0 aliphatic rings. The fraction of sp³-hybridized carbons (Fsp3) is 0.115. The van der Waals surface area contributed by atoms with Gasteiger partial charge < -0.3 is 14.9 Å². The van der Waals surface area contributed by atoms with Crippen LogP contribution in [0.4, 0.5) is 0 Å². The third-order valence-electron chi connectivity index (χ3n) is 5.37. The molecule has 0 spiro atoms. The number of carbonyl (C=O) groups is 1. The molecule has 4 heteroatoms. The molecule has 0 radical (unpaired) electrons. The summed E-state index contributed by atoms with van der Waals surface area (Å²) in [6, 6.07) is 23.6. The van der Waals surface area contributed by atoms with E-state index in [1.54, 1.807) is 6.92 Å². The second-order valence-corrected chi connectivity index (χ2v) is 7.21. The molecule has 4 rings (SSSR count). The number of benzene rings is 4. The van der Waals surface area contributed by atoms with E-state index in [9.17, 15) is 15.0 Å². The van der Waals surface area contributed by atoms with Crippen LogP contribution in [0, 0.1) is 6.92 Å². The molecule has 0 aliphatic carbocycles. The first-order valence-electron chi connectivity index (χ1n) is 9.74. The van der Waals surface area contributed by atoms with Crippen molar-refractivity contribution in [2.45, 2.75) is 20.1 Å². The minimum atomic E-state index is -0.412. The molecular formula is C26H22O4. The summed E-state index contributed by atoms with van der Waals surface area (Å²) in [5, 5.41) is 23.0. The summed E-state index contributed by atoms with van der Waals surface area (Å²) in [6.07, 6.45) is 0.574. The maximum absolute atomic E-state index is 11.9. The Kier molecular flexibility index (Phi) is 5.50. The van der Waals surface area contributed by atoms with Gasteiger partial charge in [-0.15, -0.1) is 0 Å². The van der Waals surface area contributed by atoms with Gasteiger partial charge in [0, 0.05) is 11.1 Å². The zero-order valence-corrected chi connectivity index (χ0v) is 16.6. The van der Waals surface area contributed by atoms with Crippen molar-refractivity contribution >= 4 is 17.1 Å². The van der Waals surface area contributed by atoms with Crippen molar-refractivity contribution in [2.24, 2.45) is 0 Å². The first-order valence-corrected chi connectivity index (χ1v) is 9.74. The summed E-state index contributed by atoms with van der Waals surface area (Å²) >= 11 is 0. The molecule has 0 bridgehead atoms. The van der Waals surface area contributed by atoms with Gasteiger partial charge in [0.2, 0.25) is 0 Å². The molecule has 0 fully saturated rings. The van der Waals surface area contributed by atoms with Crippen LogP contribution < -0.4 is 0 Å². The van der Waals surface area contributed by atoms with Crippen molar-refractivity contribution < 1.29 is 19.7 Å². The normalized spacial score (nSPS) is 11.0. The van der Waals surface area contributed by atoms with Crippen molar-refractivity contribution in [2.75, 3.05) is 0 Å². The Bertz CT molecular complexity index is 1210.